The highest BCUT2D eigenvalue weighted by Crippen LogP contribution is 2.46. The third-order valence-corrected chi connectivity index (χ3v) is 6.76. The summed E-state index contributed by atoms with van der Waals surface area (Å²) < 4.78 is 20.7. The average molecular weight is 479 g/mol. The molecule has 4 unspecified atom stereocenters. The number of benzene rings is 2. The third-order valence-electron chi connectivity index (χ3n) is 6.76. The van der Waals surface area contributed by atoms with Crippen LogP contribution in [0.5, 0.6) is 0 Å². The van der Waals surface area contributed by atoms with Gasteiger partial charge in [-0.2, -0.15) is 0 Å². The van der Waals surface area contributed by atoms with Crippen LogP contribution in [0.1, 0.15) is 89.2 Å². The van der Waals surface area contributed by atoms with Gasteiger partial charge in [0.05, 0.1) is 25.0 Å². The quantitative estimate of drug-likeness (QED) is 0.122. The summed E-state index contributed by atoms with van der Waals surface area (Å²) in [6, 6.07) is 20.8. The van der Waals surface area contributed by atoms with E-state index < -0.39 is 11.6 Å². The van der Waals surface area contributed by atoms with Crippen LogP contribution >= 0.6 is 0 Å². The Kier molecular flexibility index (Phi) is 12.5. The lowest BCUT2D eigenvalue weighted by atomic mass is 9.85. The van der Waals surface area contributed by atoms with E-state index in [9.17, 15) is 0 Å². The van der Waals surface area contributed by atoms with Crippen LogP contribution in [-0.2, 0) is 14.2 Å². The summed E-state index contributed by atoms with van der Waals surface area (Å²) in [5.41, 5.74) is 2.24. The van der Waals surface area contributed by atoms with Crippen molar-refractivity contribution in [2.45, 2.75) is 89.6 Å². The van der Waals surface area contributed by atoms with E-state index in [2.05, 4.69) is 89.4 Å². The van der Waals surface area contributed by atoms with E-state index in [4.69, 9.17) is 14.2 Å². The molecule has 192 valence electrons. The molecule has 0 fully saturated rings. The van der Waals surface area contributed by atoms with E-state index in [-0.39, 0.29) is 11.8 Å². The van der Waals surface area contributed by atoms with Crippen LogP contribution in [0.3, 0.4) is 0 Å². The fourth-order valence-corrected chi connectivity index (χ4v) is 4.68. The van der Waals surface area contributed by atoms with E-state index in [1.807, 2.05) is 24.3 Å². The highest BCUT2D eigenvalue weighted by molar-refractivity contribution is 5.29. The fraction of sp³-hybridized carbons (Fsp3) is 0.500. The maximum absolute atomic E-state index is 7.25. The molecule has 0 spiro atoms. The molecule has 2 aromatic rings. The highest BCUT2D eigenvalue weighted by Gasteiger charge is 2.50. The van der Waals surface area contributed by atoms with Gasteiger partial charge in [0, 0.05) is 0 Å². The molecular formula is C32H46O3. The van der Waals surface area contributed by atoms with Gasteiger partial charge in [-0.25, -0.2) is 0 Å². The van der Waals surface area contributed by atoms with Crippen molar-refractivity contribution in [3.63, 3.8) is 0 Å². The Hall–Kier alpha value is -2.20. The molecule has 0 aliphatic heterocycles. The summed E-state index contributed by atoms with van der Waals surface area (Å²) in [4.78, 5) is 0. The Morgan fingerprint density at radius 3 is 1.31 bits per heavy atom. The monoisotopic (exact) mass is 478 g/mol. The van der Waals surface area contributed by atoms with Gasteiger partial charge in [0.1, 0.15) is 0 Å². The normalized spacial score (nSPS) is 16.6. The van der Waals surface area contributed by atoms with Gasteiger partial charge >= 0.3 is 0 Å². The van der Waals surface area contributed by atoms with Gasteiger partial charge in [-0.1, -0.05) is 113 Å². The Morgan fingerprint density at radius 1 is 0.657 bits per heavy atom. The molecule has 0 amide bonds. The standard InChI is InChI=1S/C32H46O3/c1-7-13-25-33-31(11-5,29(9-3)27-21-17-15-18-22-27)35-32(12-6,34-26-14-8-2)30(10-4)28-23-19-16-20-24-28/h9-10,15-24,29-30H,3-4,7-8,11-14,25-26H2,1-2,5-6H3. The molecule has 0 radical (unpaired) electrons. The Labute approximate surface area is 214 Å². The number of unbranched alkanes of at least 4 members (excludes halogenated alkanes) is 2. The minimum Gasteiger partial charge on any atom is -0.349 e. The van der Waals surface area contributed by atoms with Gasteiger partial charge in [0.25, 0.3) is 0 Å². The molecule has 4 atom stereocenters. The van der Waals surface area contributed by atoms with E-state index >= 15 is 0 Å². The highest BCUT2D eigenvalue weighted by atomic mass is 16.8. The smallest absolute Gasteiger partial charge is 0.181 e. The molecule has 0 aliphatic rings. The lowest BCUT2D eigenvalue weighted by molar-refractivity contribution is -0.370. The molecule has 35 heavy (non-hydrogen) atoms. The van der Waals surface area contributed by atoms with Gasteiger partial charge in [-0.05, 0) is 36.8 Å². The van der Waals surface area contributed by atoms with E-state index in [0.717, 1.165) is 36.8 Å². The zero-order valence-corrected chi connectivity index (χ0v) is 22.4. The van der Waals surface area contributed by atoms with Gasteiger partial charge in [-0.15, -0.1) is 13.2 Å². The molecule has 0 N–H and O–H groups in total. The molecule has 0 aromatic heterocycles. The first kappa shape index (κ1) is 29.0. The largest absolute Gasteiger partial charge is 0.349 e. The Balaban J connectivity index is 2.64. The SMILES string of the molecule is C=CC(c1ccccc1)C(CC)(OCCCC)OC(CC)(OCCCC)C(C=C)c1ccccc1. The molecule has 0 aliphatic carbocycles. The van der Waals surface area contributed by atoms with Crippen molar-refractivity contribution in [2.24, 2.45) is 0 Å². The molecular weight excluding hydrogens is 432 g/mol. The van der Waals surface area contributed by atoms with E-state index in [0.29, 0.717) is 26.1 Å². The Bertz CT molecular complexity index is 778. The first-order valence-electron chi connectivity index (χ1n) is 13.4. The first-order chi connectivity index (χ1) is 17.1. The predicted molar refractivity (Wildman–Crippen MR) is 148 cm³/mol. The molecule has 3 heteroatoms. The second-order valence-corrected chi connectivity index (χ2v) is 9.08. The average Bonchev–Trinajstić information content (AvgIpc) is 2.90. The van der Waals surface area contributed by atoms with Crippen LogP contribution in [0, 0.1) is 0 Å². The lowest BCUT2D eigenvalue weighted by Crippen LogP contribution is -2.53. The molecule has 0 bridgehead atoms. The third kappa shape index (κ3) is 7.39. The fourth-order valence-electron chi connectivity index (χ4n) is 4.68. The van der Waals surface area contributed by atoms with Crippen LogP contribution < -0.4 is 0 Å². The summed E-state index contributed by atoms with van der Waals surface area (Å²) in [5, 5.41) is 0. The lowest BCUT2D eigenvalue weighted by Gasteiger charge is -2.48. The molecule has 2 rings (SSSR count). The summed E-state index contributed by atoms with van der Waals surface area (Å²) >= 11 is 0. The van der Waals surface area contributed by atoms with Crippen molar-refractivity contribution in [1.29, 1.82) is 0 Å². The molecule has 3 nitrogen and oxygen atoms in total. The maximum Gasteiger partial charge on any atom is 0.181 e. The van der Waals surface area contributed by atoms with Gasteiger partial charge in [-0.3, -0.25) is 0 Å². The van der Waals surface area contributed by atoms with Crippen LogP contribution in [0.25, 0.3) is 0 Å². The molecule has 0 heterocycles. The zero-order valence-electron chi connectivity index (χ0n) is 22.4. The van der Waals surface area contributed by atoms with Crippen molar-refractivity contribution in [3.8, 4) is 0 Å². The van der Waals surface area contributed by atoms with Crippen LogP contribution in [0.4, 0.5) is 0 Å². The van der Waals surface area contributed by atoms with E-state index in [1.54, 1.807) is 0 Å². The summed E-state index contributed by atoms with van der Waals surface area (Å²) in [5.74, 6) is -2.19. The minimum atomic E-state index is -0.934. The topological polar surface area (TPSA) is 27.7 Å². The first-order valence-corrected chi connectivity index (χ1v) is 13.4. The van der Waals surface area contributed by atoms with Gasteiger partial charge in [0.2, 0.25) is 0 Å². The second-order valence-electron chi connectivity index (χ2n) is 9.08. The van der Waals surface area contributed by atoms with Crippen molar-refractivity contribution in [3.05, 3.63) is 97.1 Å². The van der Waals surface area contributed by atoms with E-state index in [1.165, 1.54) is 0 Å². The number of ether oxygens (including phenoxy) is 3. The molecule has 0 saturated carbocycles. The van der Waals surface area contributed by atoms with Crippen LogP contribution in [0.2, 0.25) is 0 Å². The number of hydrogen-bond donors (Lipinski definition) is 0. The Morgan fingerprint density at radius 2 is 1.03 bits per heavy atom. The molecule has 0 saturated heterocycles. The van der Waals surface area contributed by atoms with Gasteiger partial charge < -0.3 is 14.2 Å². The van der Waals surface area contributed by atoms with Crippen molar-refractivity contribution in [2.75, 3.05) is 13.2 Å². The summed E-state index contributed by atoms with van der Waals surface area (Å²) in [6.45, 7) is 18.3. The van der Waals surface area contributed by atoms with Gasteiger partial charge in [0.15, 0.2) is 11.6 Å². The second kappa shape index (κ2) is 15.0. The van der Waals surface area contributed by atoms with Crippen molar-refractivity contribution in [1.82, 2.24) is 0 Å². The maximum atomic E-state index is 7.25. The number of rotatable bonds is 18. The minimum absolute atomic E-state index is 0.160. The van der Waals surface area contributed by atoms with Crippen LogP contribution in [-0.4, -0.2) is 24.8 Å². The van der Waals surface area contributed by atoms with Crippen LogP contribution in [0.15, 0.2) is 86.0 Å². The van der Waals surface area contributed by atoms with Crippen molar-refractivity contribution < 1.29 is 14.2 Å². The molecule has 2 aromatic carbocycles. The summed E-state index contributed by atoms with van der Waals surface area (Å²) in [6.07, 6.45) is 9.25. The van der Waals surface area contributed by atoms with Crippen molar-refractivity contribution >= 4 is 0 Å². The zero-order chi connectivity index (χ0) is 25.6. The number of hydrogen-bond acceptors (Lipinski definition) is 3. The summed E-state index contributed by atoms with van der Waals surface area (Å²) in [7, 11) is 0. The predicted octanol–water partition coefficient (Wildman–Crippen LogP) is 8.79.